The van der Waals surface area contributed by atoms with E-state index in [1.807, 2.05) is 24.3 Å². The van der Waals surface area contributed by atoms with Gasteiger partial charge in [0, 0.05) is 18.4 Å². The van der Waals surface area contributed by atoms with Crippen LogP contribution in [-0.2, 0) is 19.2 Å². The molecule has 2 aliphatic rings. The summed E-state index contributed by atoms with van der Waals surface area (Å²) in [6.07, 6.45) is -1.05. The number of hydrogen-bond acceptors (Lipinski definition) is 5. The SMILES string of the molecule is CC(ONC(=O)[C@H]1C[C@H]1CNC(=O)OCC1c2ccccc2-c2ccccc21)C(=O)O. The first-order chi connectivity index (χ1) is 15.0. The van der Waals surface area contributed by atoms with Crippen molar-refractivity contribution in [3.8, 4) is 11.1 Å². The first-order valence-electron chi connectivity index (χ1n) is 10.2. The van der Waals surface area contributed by atoms with Crippen LogP contribution in [0.3, 0.4) is 0 Å². The van der Waals surface area contributed by atoms with Gasteiger partial charge in [-0.25, -0.2) is 15.1 Å². The number of carbonyl (C=O) groups is 3. The Morgan fingerprint density at radius 1 is 1.06 bits per heavy atom. The molecule has 4 rings (SSSR count). The maximum absolute atomic E-state index is 12.2. The largest absolute Gasteiger partial charge is 0.479 e. The second kappa shape index (κ2) is 8.77. The maximum atomic E-state index is 12.2. The zero-order chi connectivity index (χ0) is 22.0. The first-order valence-corrected chi connectivity index (χ1v) is 10.2. The molecule has 1 unspecified atom stereocenters. The molecule has 0 bridgehead atoms. The maximum Gasteiger partial charge on any atom is 0.407 e. The molecule has 8 heteroatoms. The number of carbonyl (C=O) groups excluding carboxylic acids is 2. The summed E-state index contributed by atoms with van der Waals surface area (Å²) in [6, 6.07) is 16.2. The molecule has 8 nitrogen and oxygen atoms in total. The van der Waals surface area contributed by atoms with Crippen LogP contribution in [0.4, 0.5) is 4.79 Å². The van der Waals surface area contributed by atoms with Gasteiger partial charge in [0.25, 0.3) is 0 Å². The predicted molar refractivity (Wildman–Crippen MR) is 111 cm³/mol. The lowest BCUT2D eigenvalue weighted by Crippen LogP contribution is -2.34. The van der Waals surface area contributed by atoms with E-state index in [1.165, 1.54) is 18.1 Å². The molecule has 2 aliphatic carbocycles. The first kappa shape index (κ1) is 20.9. The van der Waals surface area contributed by atoms with Crippen molar-refractivity contribution in [1.29, 1.82) is 0 Å². The van der Waals surface area contributed by atoms with Gasteiger partial charge in [-0.1, -0.05) is 48.5 Å². The highest BCUT2D eigenvalue weighted by Gasteiger charge is 2.43. The highest BCUT2D eigenvalue weighted by atomic mass is 16.7. The van der Waals surface area contributed by atoms with Crippen LogP contribution in [0.15, 0.2) is 48.5 Å². The Morgan fingerprint density at radius 3 is 2.29 bits per heavy atom. The van der Waals surface area contributed by atoms with Crippen LogP contribution in [0.1, 0.15) is 30.4 Å². The van der Waals surface area contributed by atoms with Crippen LogP contribution in [-0.4, -0.2) is 42.3 Å². The summed E-state index contributed by atoms with van der Waals surface area (Å²) in [5.74, 6) is -1.89. The molecule has 2 aromatic carbocycles. The molecule has 3 N–H and O–H groups in total. The lowest BCUT2D eigenvalue weighted by Gasteiger charge is -2.14. The third kappa shape index (κ3) is 4.54. The second-order valence-electron chi connectivity index (χ2n) is 7.87. The number of amides is 2. The summed E-state index contributed by atoms with van der Waals surface area (Å²) < 4.78 is 5.48. The number of aliphatic carboxylic acids is 1. The van der Waals surface area contributed by atoms with Crippen LogP contribution in [0.25, 0.3) is 11.1 Å². The van der Waals surface area contributed by atoms with Crippen molar-refractivity contribution < 1.29 is 29.1 Å². The van der Waals surface area contributed by atoms with E-state index in [0.717, 1.165) is 11.1 Å². The van der Waals surface area contributed by atoms with Gasteiger partial charge >= 0.3 is 12.1 Å². The van der Waals surface area contributed by atoms with Crippen molar-refractivity contribution in [2.24, 2.45) is 11.8 Å². The molecule has 1 fully saturated rings. The van der Waals surface area contributed by atoms with E-state index in [0.29, 0.717) is 13.0 Å². The number of hydroxylamine groups is 1. The number of rotatable bonds is 8. The van der Waals surface area contributed by atoms with Crippen molar-refractivity contribution in [1.82, 2.24) is 10.8 Å². The van der Waals surface area contributed by atoms with E-state index < -0.39 is 18.2 Å². The molecule has 0 spiro atoms. The minimum atomic E-state index is -1.16. The summed E-state index contributed by atoms with van der Waals surface area (Å²) >= 11 is 0. The predicted octanol–water partition coefficient (Wildman–Crippen LogP) is 2.68. The van der Waals surface area contributed by atoms with E-state index in [1.54, 1.807) is 0 Å². The van der Waals surface area contributed by atoms with Crippen LogP contribution in [0.5, 0.6) is 0 Å². The molecule has 2 aromatic rings. The molecule has 3 atom stereocenters. The van der Waals surface area contributed by atoms with Crippen molar-refractivity contribution in [2.75, 3.05) is 13.2 Å². The molecule has 1 saturated carbocycles. The Kier molecular flexibility index (Phi) is 5.90. The standard InChI is InChI=1S/C23H24N2O6/c1-13(22(27)28)31-25-21(26)19-10-14(19)11-24-23(29)30-12-20-17-8-4-2-6-15(17)16-7-3-5-9-18(16)20/h2-9,13-14,19-20H,10-12H2,1H3,(H,24,29)(H,25,26)(H,27,28)/t13?,14-,19-/m0/s1. The van der Waals surface area contributed by atoms with Gasteiger partial charge in [-0.2, -0.15) is 0 Å². The van der Waals surface area contributed by atoms with E-state index in [-0.39, 0.29) is 30.3 Å². The molecule has 0 radical (unpaired) electrons. The fraction of sp³-hybridized carbons (Fsp3) is 0.348. The quantitative estimate of drug-likeness (QED) is 0.562. The zero-order valence-electron chi connectivity index (χ0n) is 17.0. The lowest BCUT2D eigenvalue weighted by atomic mass is 9.98. The number of carboxylic acids is 1. The monoisotopic (exact) mass is 424 g/mol. The van der Waals surface area contributed by atoms with Gasteiger partial charge < -0.3 is 15.2 Å². The minimum absolute atomic E-state index is 0.00836. The van der Waals surface area contributed by atoms with Gasteiger partial charge in [0.1, 0.15) is 6.61 Å². The minimum Gasteiger partial charge on any atom is -0.479 e. The molecular weight excluding hydrogens is 400 g/mol. The second-order valence-corrected chi connectivity index (χ2v) is 7.87. The Labute approximate surface area is 179 Å². The molecule has 0 aliphatic heterocycles. The van der Waals surface area contributed by atoms with Gasteiger partial charge in [-0.15, -0.1) is 0 Å². The van der Waals surface area contributed by atoms with Gasteiger partial charge in [0.2, 0.25) is 5.91 Å². The van der Waals surface area contributed by atoms with Crippen molar-refractivity contribution in [3.05, 3.63) is 59.7 Å². The average Bonchev–Trinajstić information content (AvgIpc) is 3.49. The van der Waals surface area contributed by atoms with E-state index in [4.69, 9.17) is 14.7 Å². The summed E-state index contributed by atoms with van der Waals surface area (Å²) in [7, 11) is 0. The molecule has 162 valence electrons. The van der Waals surface area contributed by atoms with Gasteiger partial charge in [-0.3, -0.25) is 9.63 Å². The summed E-state index contributed by atoms with van der Waals surface area (Å²) in [5.41, 5.74) is 6.78. The van der Waals surface area contributed by atoms with Crippen molar-refractivity contribution in [2.45, 2.75) is 25.4 Å². The van der Waals surface area contributed by atoms with Gasteiger partial charge in [-0.05, 0) is 41.5 Å². The number of carboxylic acid groups (broad SMARTS) is 1. The molecule has 31 heavy (non-hydrogen) atoms. The van der Waals surface area contributed by atoms with Crippen molar-refractivity contribution >= 4 is 18.0 Å². The fourth-order valence-electron chi connectivity index (χ4n) is 3.93. The number of nitrogens with one attached hydrogen (secondary N) is 2. The number of alkyl carbamates (subject to hydrolysis) is 1. The molecule has 0 heterocycles. The number of hydrogen-bond donors (Lipinski definition) is 3. The molecule has 2 amide bonds. The Bertz CT molecular complexity index is 962. The summed E-state index contributed by atoms with van der Waals surface area (Å²) in [6.45, 7) is 1.87. The van der Waals surface area contributed by atoms with Crippen LogP contribution in [0.2, 0.25) is 0 Å². The van der Waals surface area contributed by atoms with Crippen molar-refractivity contribution in [3.63, 3.8) is 0 Å². The molecule has 0 saturated heterocycles. The number of ether oxygens (including phenoxy) is 1. The Morgan fingerprint density at radius 2 is 1.68 bits per heavy atom. The zero-order valence-corrected chi connectivity index (χ0v) is 17.0. The third-order valence-corrected chi connectivity index (χ3v) is 5.80. The average molecular weight is 424 g/mol. The van der Waals surface area contributed by atoms with Gasteiger partial charge in [0.05, 0.1) is 0 Å². The molecule has 0 aromatic heterocycles. The molecular formula is C23H24N2O6. The van der Waals surface area contributed by atoms with Crippen LogP contribution < -0.4 is 10.8 Å². The van der Waals surface area contributed by atoms with E-state index in [2.05, 4.69) is 35.1 Å². The van der Waals surface area contributed by atoms with E-state index in [9.17, 15) is 14.4 Å². The number of benzene rings is 2. The third-order valence-electron chi connectivity index (χ3n) is 5.80. The van der Waals surface area contributed by atoms with Crippen LogP contribution >= 0.6 is 0 Å². The fourth-order valence-corrected chi connectivity index (χ4v) is 3.93. The topological polar surface area (TPSA) is 114 Å². The summed E-state index contributed by atoms with van der Waals surface area (Å²) in [4.78, 5) is 39.6. The lowest BCUT2D eigenvalue weighted by molar-refractivity contribution is -0.159. The summed E-state index contributed by atoms with van der Waals surface area (Å²) in [5, 5.41) is 11.5. The highest BCUT2D eigenvalue weighted by molar-refractivity contribution is 5.81. The Hall–Kier alpha value is -3.39. The Balaban J connectivity index is 1.23. The van der Waals surface area contributed by atoms with E-state index >= 15 is 0 Å². The van der Waals surface area contributed by atoms with Gasteiger partial charge in [0.15, 0.2) is 6.10 Å². The smallest absolute Gasteiger partial charge is 0.407 e. The number of fused-ring (bicyclic) bond motifs is 3. The highest BCUT2D eigenvalue weighted by Crippen LogP contribution is 2.44. The van der Waals surface area contributed by atoms with Crippen LogP contribution in [0, 0.1) is 11.8 Å². The normalized spacial score (nSPS) is 19.6.